The Labute approximate surface area is 251 Å². The summed E-state index contributed by atoms with van der Waals surface area (Å²) in [4.78, 5) is 39.9. The molecular weight excluding hydrogens is 556 g/mol. The van der Waals surface area contributed by atoms with Crippen molar-refractivity contribution in [3.05, 3.63) is 52.4 Å². The summed E-state index contributed by atoms with van der Waals surface area (Å²) < 4.78 is 12.7. The standard InChI is InChI=1S/C31H39ClN6O4/c1-5-27(39)37-13-6-20(7-14-37)8-15-38-29-21(19-33-31(35-29)34-22-9-11-36(2)12-10-22)16-25(30(38)40)24-17-23(41-3)18-26(42-4)28(24)32/h5,16-20,22H,1,6-15H2,2-4H3,(H,33,34,35). The maximum absolute atomic E-state index is 14.2. The molecule has 0 radical (unpaired) electrons. The first kappa shape index (κ1) is 29.8. The SMILES string of the molecule is C=CC(=O)N1CCC(CCn2c(=O)c(-c3cc(OC)cc(OC)c3Cl)cc3cnc(NC4CCN(C)CC4)nc32)CC1. The van der Waals surface area contributed by atoms with E-state index in [4.69, 9.17) is 26.1 Å². The molecule has 2 aliphatic heterocycles. The first-order valence-corrected chi connectivity index (χ1v) is 14.9. The number of carbonyl (C=O) groups is 1. The Bertz CT molecular complexity index is 1510. The largest absolute Gasteiger partial charge is 0.497 e. The molecule has 0 unspecified atom stereocenters. The summed E-state index contributed by atoms with van der Waals surface area (Å²) >= 11 is 6.73. The van der Waals surface area contributed by atoms with Gasteiger partial charge >= 0.3 is 0 Å². The molecular formula is C31H39ClN6O4. The number of hydrogen-bond donors (Lipinski definition) is 1. The Morgan fingerprint density at radius 1 is 1.10 bits per heavy atom. The zero-order valence-corrected chi connectivity index (χ0v) is 25.3. The molecule has 3 aromatic rings. The van der Waals surface area contributed by atoms with Crippen molar-refractivity contribution in [1.82, 2.24) is 24.3 Å². The van der Waals surface area contributed by atoms with Crippen LogP contribution in [0.15, 0.2) is 41.8 Å². The van der Waals surface area contributed by atoms with Gasteiger partial charge in [0.05, 0.1) is 19.2 Å². The number of pyridine rings is 1. The first-order valence-electron chi connectivity index (χ1n) is 14.5. The van der Waals surface area contributed by atoms with Crippen molar-refractivity contribution in [3.63, 3.8) is 0 Å². The number of likely N-dealkylation sites (tertiary alicyclic amines) is 2. The van der Waals surface area contributed by atoms with Crippen LogP contribution in [0.2, 0.25) is 5.02 Å². The van der Waals surface area contributed by atoms with Crippen molar-refractivity contribution in [2.24, 2.45) is 5.92 Å². The summed E-state index contributed by atoms with van der Waals surface area (Å²) in [5.74, 6) is 1.83. The minimum Gasteiger partial charge on any atom is -0.497 e. The summed E-state index contributed by atoms with van der Waals surface area (Å²) in [6, 6.07) is 5.53. The van der Waals surface area contributed by atoms with E-state index in [1.165, 1.54) is 13.2 Å². The number of aromatic nitrogens is 3. The van der Waals surface area contributed by atoms with E-state index >= 15 is 0 Å². The third-order valence-corrected chi connectivity index (χ3v) is 8.89. The molecule has 0 aliphatic carbocycles. The van der Waals surface area contributed by atoms with Gasteiger partial charge in [-0.15, -0.1) is 0 Å². The number of aryl methyl sites for hydroxylation is 1. The highest BCUT2D eigenvalue weighted by atomic mass is 35.5. The number of rotatable bonds is 9. The Hall–Kier alpha value is -3.63. The second-order valence-electron chi connectivity index (χ2n) is 11.2. The molecule has 2 aliphatic rings. The van der Waals surface area contributed by atoms with Crippen LogP contribution in [0, 0.1) is 5.92 Å². The fourth-order valence-corrected chi connectivity index (χ4v) is 6.17. The zero-order chi connectivity index (χ0) is 29.8. The highest BCUT2D eigenvalue weighted by Gasteiger charge is 2.24. The average molecular weight is 595 g/mol. The summed E-state index contributed by atoms with van der Waals surface area (Å²) in [7, 11) is 5.22. The summed E-state index contributed by atoms with van der Waals surface area (Å²) in [5, 5.41) is 4.56. The number of benzene rings is 1. The molecule has 0 spiro atoms. The molecule has 2 saturated heterocycles. The lowest BCUT2D eigenvalue weighted by molar-refractivity contribution is -0.127. The maximum Gasteiger partial charge on any atom is 0.260 e. The number of nitrogens with one attached hydrogen (secondary N) is 1. The van der Waals surface area contributed by atoms with Crippen LogP contribution in [0.4, 0.5) is 5.95 Å². The van der Waals surface area contributed by atoms with Crippen molar-refractivity contribution in [2.75, 3.05) is 52.8 Å². The summed E-state index contributed by atoms with van der Waals surface area (Å²) in [6.45, 7) is 7.50. The average Bonchev–Trinajstić information content (AvgIpc) is 3.01. The number of fused-ring (bicyclic) bond motifs is 1. The lowest BCUT2D eigenvalue weighted by Gasteiger charge is -2.31. The summed E-state index contributed by atoms with van der Waals surface area (Å²) in [6.07, 6.45) is 7.69. The molecule has 11 heteroatoms. The summed E-state index contributed by atoms with van der Waals surface area (Å²) in [5.41, 5.74) is 1.34. The van der Waals surface area contributed by atoms with Gasteiger partial charge in [0.25, 0.3) is 5.56 Å². The first-order chi connectivity index (χ1) is 20.3. The number of anilines is 1. The molecule has 1 N–H and O–H groups in total. The molecule has 42 heavy (non-hydrogen) atoms. The Kier molecular flexibility index (Phi) is 9.33. The third kappa shape index (κ3) is 6.39. The lowest BCUT2D eigenvalue weighted by atomic mass is 9.93. The topological polar surface area (TPSA) is 102 Å². The third-order valence-electron chi connectivity index (χ3n) is 8.50. The lowest BCUT2D eigenvalue weighted by Crippen LogP contribution is -2.38. The molecule has 0 atom stereocenters. The van der Waals surface area contributed by atoms with Gasteiger partial charge in [-0.3, -0.25) is 14.2 Å². The second-order valence-corrected chi connectivity index (χ2v) is 11.5. The normalized spacial score (nSPS) is 16.9. The Morgan fingerprint density at radius 2 is 1.83 bits per heavy atom. The molecule has 10 nitrogen and oxygen atoms in total. The van der Waals surface area contributed by atoms with Crippen molar-refractivity contribution in [1.29, 1.82) is 0 Å². The van der Waals surface area contributed by atoms with Crippen molar-refractivity contribution >= 4 is 34.5 Å². The predicted octanol–water partition coefficient (Wildman–Crippen LogP) is 4.45. The van der Waals surface area contributed by atoms with Gasteiger partial charge in [-0.1, -0.05) is 18.2 Å². The number of carbonyl (C=O) groups excluding carboxylic acids is 1. The molecule has 1 amide bonds. The number of ether oxygens (including phenoxy) is 2. The van der Waals surface area contributed by atoms with Crippen LogP contribution in [0.25, 0.3) is 22.2 Å². The van der Waals surface area contributed by atoms with Gasteiger partial charge in [0.2, 0.25) is 11.9 Å². The quantitative estimate of drug-likeness (QED) is 0.363. The van der Waals surface area contributed by atoms with Crippen LogP contribution < -0.4 is 20.3 Å². The molecule has 4 heterocycles. The molecule has 0 bridgehead atoms. The van der Waals surface area contributed by atoms with Crippen LogP contribution >= 0.6 is 11.6 Å². The zero-order valence-electron chi connectivity index (χ0n) is 24.6. The van der Waals surface area contributed by atoms with Crippen LogP contribution in [-0.2, 0) is 11.3 Å². The minimum atomic E-state index is -0.192. The van der Waals surface area contributed by atoms with E-state index in [9.17, 15) is 9.59 Å². The van der Waals surface area contributed by atoms with Gasteiger partial charge in [-0.05, 0) is 76.4 Å². The number of piperidine rings is 2. The molecule has 0 saturated carbocycles. The fourth-order valence-electron chi connectivity index (χ4n) is 5.88. The van der Waals surface area contributed by atoms with Crippen molar-refractivity contribution in [2.45, 2.75) is 44.7 Å². The minimum absolute atomic E-state index is 0.0321. The Balaban J connectivity index is 1.51. The van der Waals surface area contributed by atoms with E-state index < -0.39 is 0 Å². The number of amides is 1. The molecule has 2 aromatic heterocycles. The van der Waals surface area contributed by atoms with Gasteiger partial charge in [-0.2, -0.15) is 4.98 Å². The number of methoxy groups -OCH3 is 2. The van der Waals surface area contributed by atoms with Gasteiger partial charge in [0.15, 0.2) is 0 Å². The van der Waals surface area contributed by atoms with Gasteiger partial charge in [0, 0.05) is 54.5 Å². The van der Waals surface area contributed by atoms with Crippen molar-refractivity contribution < 1.29 is 14.3 Å². The van der Waals surface area contributed by atoms with E-state index in [-0.39, 0.29) is 17.5 Å². The van der Waals surface area contributed by atoms with Crippen LogP contribution in [0.1, 0.15) is 32.1 Å². The molecule has 5 rings (SSSR count). The van der Waals surface area contributed by atoms with Gasteiger partial charge in [0.1, 0.15) is 17.1 Å². The molecule has 1 aromatic carbocycles. The van der Waals surface area contributed by atoms with Gasteiger partial charge < -0.3 is 24.6 Å². The van der Waals surface area contributed by atoms with E-state index in [1.807, 2.05) is 4.90 Å². The highest BCUT2D eigenvalue weighted by Crippen LogP contribution is 2.38. The van der Waals surface area contributed by atoms with Crippen LogP contribution in [0.5, 0.6) is 11.5 Å². The number of hydrogen-bond acceptors (Lipinski definition) is 8. The predicted molar refractivity (Wildman–Crippen MR) is 166 cm³/mol. The fraction of sp³-hybridized carbons (Fsp3) is 0.484. The molecule has 2 fully saturated rings. The van der Waals surface area contributed by atoms with E-state index in [0.717, 1.165) is 50.6 Å². The van der Waals surface area contributed by atoms with E-state index in [1.54, 1.807) is 36.1 Å². The Morgan fingerprint density at radius 3 is 2.50 bits per heavy atom. The number of nitrogens with zero attached hydrogens (tertiary/aromatic N) is 5. The highest BCUT2D eigenvalue weighted by molar-refractivity contribution is 6.35. The monoisotopic (exact) mass is 594 g/mol. The second kappa shape index (κ2) is 13.1. The smallest absolute Gasteiger partial charge is 0.260 e. The van der Waals surface area contributed by atoms with Gasteiger partial charge in [-0.25, -0.2) is 4.98 Å². The van der Waals surface area contributed by atoms with E-state index in [0.29, 0.717) is 64.8 Å². The van der Waals surface area contributed by atoms with Crippen LogP contribution in [-0.4, -0.2) is 83.7 Å². The molecule has 224 valence electrons. The van der Waals surface area contributed by atoms with Crippen LogP contribution in [0.3, 0.4) is 0 Å². The maximum atomic E-state index is 14.2. The van der Waals surface area contributed by atoms with E-state index in [2.05, 4.69) is 28.8 Å². The number of halogens is 1. The van der Waals surface area contributed by atoms with Crippen molar-refractivity contribution in [3.8, 4) is 22.6 Å².